The minimum atomic E-state index is -0.590. The number of amides is 2. The fourth-order valence-electron chi connectivity index (χ4n) is 4.41. The Kier molecular flexibility index (Phi) is 5.65. The summed E-state index contributed by atoms with van der Waals surface area (Å²) in [5, 5.41) is 6.02. The van der Waals surface area contributed by atoms with Crippen molar-refractivity contribution in [1.82, 2.24) is 5.32 Å². The van der Waals surface area contributed by atoms with Crippen LogP contribution in [-0.2, 0) is 16.0 Å². The second kappa shape index (κ2) is 8.25. The van der Waals surface area contributed by atoms with Gasteiger partial charge in [-0.2, -0.15) is 0 Å². The van der Waals surface area contributed by atoms with Crippen LogP contribution in [0.1, 0.15) is 69.2 Å². The molecule has 0 bridgehead atoms. The Morgan fingerprint density at radius 3 is 2.77 bits per heavy atom. The van der Waals surface area contributed by atoms with Crippen LogP contribution in [0.4, 0.5) is 10.5 Å². The Bertz CT molecular complexity index is 995. The van der Waals surface area contributed by atoms with Crippen molar-refractivity contribution in [2.45, 2.75) is 70.6 Å². The first kappa shape index (κ1) is 21.2. The number of alkyl carbamates (subject to hydrolysis) is 1. The lowest BCUT2D eigenvalue weighted by Crippen LogP contribution is -2.38. The van der Waals surface area contributed by atoms with Crippen molar-refractivity contribution in [2.24, 2.45) is 0 Å². The zero-order valence-corrected chi connectivity index (χ0v) is 18.5. The highest BCUT2D eigenvalue weighted by Gasteiger charge is 2.33. The summed E-state index contributed by atoms with van der Waals surface area (Å²) in [5.41, 5.74) is 3.51. The van der Waals surface area contributed by atoms with Gasteiger partial charge in [0, 0.05) is 5.92 Å². The molecule has 0 spiro atoms. The van der Waals surface area contributed by atoms with Crippen LogP contribution < -0.4 is 15.4 Å². The van der Waals surface area contributed by atoms with Gasteiger partial charge in [0.25, 0.3) is 5.91 Å². The molecule has 0 radical (unpaired) electrons. The Hall–Kier alpha value is -3.02. The molecule has 31 heavy (non-hydrogen) atoms. The van der Waals surface area contributed by atoms with E-state index in [0.717, 1.165) is 24.8 Å². The first-order valence-corrected chi connectivity index (χ1v) is 10.9. The van der Waals surface area contributed by atoms with Crippen molar-refractivity contribution in [2.75, 3.05) is 5.32 Å². The van der Waals surface area contributed by atoms with Crippen molar-refractivity contribution < 1.29 is 19.1 Å². The molecule has 0 saturated carbocycles. The summed E-state index contributed by atoms with van der Waals surface area (Å²) in [7, 11) is 0. The van der Waals surface area contributed by atoms with Gasteiger partial charge in [0.1, 0.15) is 11.4 Å². The summed E-state index contributed by atoms with van der Waals surface area (Å²) >= 11 is 0. The molecule has 6 heteroatoms. The molecule has 2 aliphatic rings. The fourth-order valence-corrected chi connectivity index (χ4v) is 4.41. The van der Waals surface area contributed by atoms with Crippen molar-refractivity contribution >= 4 is 17.7 Å². The second-order valence-corrected chi connectivity index (χ2v) is 9.33. The van der Waals surface area contributed by atoms with E-state index in [-0.39, 0.29) is 17.9 Å². The summed E-state index contributed by atoms with van der Waals surface area (Å²) in [6.07, 6.45) is 2.06. The topological polar surface area (TPSA) is 76.7 Å². The zero-order valence-electron chi connectivity index (χ0n) is 18.5. The third kappa shape index (κ3) is 4.68. The Labute approximate surface area is 183 Å². The summed E-state index contributed by atoms with van der Waals surface area (Å²) in [6, 6.07) is 13.8. The maximum Gasteiger partial charge on any atom is 0.408 e. The van der Waals surface area contributed by atoms with Crippen LogP contribution in [0.2, 0.25) is 0 Å². The lowest BCUT2D eigenvalue weighted by Gasteiger charge is -2.34. The molecule has 2 amide bonds. The minimum absolute atomic E-state index is 0.106. The van der Waals surface area contributed by atoms with Gasteiger partial charge < -0.3 is 20.1 Å². The van der Waals surface area contributed by atoms with Crippen LogP contribution in [0.3, 0.4) is 0 Å². The average molecular weight is 423 g/mol. The van der Waals surface area contributed by atoms with E-state index in [1.165, 1.54) is 11.1 Å². The van der Waals surface area contributed by atoms with Crippen LogP contribution in [0.15, 0.2) is 42.5 Å². The SMILES string of the molecule is CC1Oc2ccc(C(NC(=O)OC(C)(C)C)C3CCCc4ccccc43)cc2NC1=O. The fraction of sp³-hybridized carbons (Fsp3) is 0.440. The van der Waals surface area contributed by atoms with Crippen molar-refractivity contribution in [3.8, 4) is 5.75 Å². The van der Waals surface area contributed by atoms with E-state index >= 15 is 0 Å². The highest BCUT2D eigenvalue weighted by atomic mass is 16.6. The number of hydrogen-bond acceptors (Lipinski definition) is 4. The number of nitrogens with one attached hydrogen (secondary N) is 2. The smallest absolute Gasteiger partial charge is 0.408 e. The molecule has 2 aromatic carbocycles. The molecule has 1 aliphatic carbocycles. The third-order valence-electron chi connectivity index (χ3n) is 5.78. The molecule has 164 valence electrons. The van der Waals surface area contributed by atoms with Gasteiger partial charge in [-0.15, -0.1) is 0 Å². The number of rotatable bonds is 3. The van der Waals surface area contributed by atoms with Gasteiger partial charge in [-0.25, -0.2) is 4.79 Å². The molecule has 2 N–H and O–H groups in total. The lowest BCUT2D eigenvalue weighted by molar-refractivity contribution is -0.122. The molecular weight excluding hydrogens is 392 g/mol. The van der Waals surface area contributed by atoms with E-state index < -0.39 is 17.8 Å². The monoisotopic (exact) mass is 422 g/mol. The summed E-state index contributed by atoms with van der Waals surface area (Å²) in [6.45, 7) is 7.28. The first-order valence-electron chi connectivity index (χ1n) is 10.9. The summed E-state index contributed by atoms with van der Waals surface area (Å²) < 4.78 is 11.3. The molecule has 4 rings (SSSR count). The molecule has 0 aromatic heterocycles. The van der Waals surface area contributed by atoms with Gasteiger partial charge in [-0.3, -0.25) is 4.79 Å². The largest absolute Gasteiger partial charge is 0.479 e. The average Bonchev–Trinajstić information content (AvgIpc) is 2.71. The molecule has 1 aliphatic heterocycles. The highest BCUT2D eigenvalue weighted by molar-refractivity contribution is 5.97. The highest BCUT2D eigenvalue weighted by Crippen LogP contribution is 2.42. The van der Waals surface area contributed by atoms with E-state index in [4.69, 9.17) is 9.47 Å². The van der Waals surface area contributed by atoms with E-state index in [1.807, 2.05) is 45.0 Å². The van der Waals surface area contributed by atoms with Gasteiger partial charge in [-0.05, 0) is 75.8 Å². The minimum Gasteiger partial charge on any atom is -0.479 e. The van der Waals surface area contributed by atoms with Gasteiger partial charge in [0.15, 0.2) is 6.10 Å². The lowest BCUT2D eigenvalue weighted by atomic mass is 9.76. The number of ether oxygens (including phenoxy) is 2. The molecule has 3 unspecified atom stereocenters. The predicted molar refractivity (Wildman–Crippen MR) is 119 cm³/mol. The molecule has 2 aromatic rings. The molecule has 0 fully saturated rings. The number of carbonyl (C=O) groups is 2. The Morgan fingerprint density at radius 1 is 1.23 bits per heavy atom. The Balaban J connectivity index is 1.71. The number of anilines is 1. The summed E-state index contributed by atoms with van der Waals surface area (Å²) in [5.74, 6) is 0.565. The van der Waals surface area contributed by atoms with Crippen LogP contribution in [0, 0.1) is 0 Å². The normalized spacial score (nSPS) is 21.1. The van der Waals surface area contributed by atoms with E-state index in [2.05, 4.69) is 28.8 Å². The van der Waals surface area contributed by atoms with Crippen LogP contribution in [-0.4, -0.2) is 23.7 Å². The quantitative estimate of drug-likeness (QED) is 0.722. The van der Waals surface area contributed by atoms with Crippen molar-refractivity contribution in [3.63, 3.8) is 0 Å². The number of aryl methyl sites for hydroxylation is 1. The van der Waals surface area contributed by atoms with Crippen molar-refractivity contribution in [3.05, 3.63) is 59.2 Å². The molecule has 1 heterocycles. The third-order valence-corrected chi connectivity index (χ3v) is 5.78. The van der Waals surface area contributed by atoms with Gasteiger partial charge >= 0.3 is 6.09 Å². The zero-order chi connectivity index (χ0) is 22.2. The molecule has 3 atom stereocenters. The first-order chi connectivity index (χ1) is 14.7. The number of fused-ring (bicyclic) bond motifs is 2. The number of hydrogen-bond donors (Lipinski definition) is 2. The van der Waals surface area contributed by atoms with Gasteiger partial charge in [0.2, 0.25) is 0 Å². The van der Waals surface area contributed by atoms with E-state index in [0.29, 0.717) is 11.4 Å². The van der Waals surface area contributed by atoms with Gasteiger partial charge in [0.05, 0.1) is 11.7 Å². The molecule has 6 nitrogen and oxygen atoms in total. The predicted octanol–water partition coefficient (Wildman–Crippen LogP) is 5.09. The van der Waals surface area contributed by atoms with E-state index in [1.54, 1.807) is 6.92 Å². The second-order valence-electron chi connectivity index (χ2n) is 9.33. The number of carbonyl (C=O) groups excluding carboxylic acids is 2. The summed E-state index contributed by atoms with van der Waals surface area (Å²) in [4.78, 5) is 24.9. The van der Waals surface area contributed by atoms with Crippen LogP contribution in [0.25, 0.3) is 0 Å². The molecular formula is C25H30N2O4. The number of benzene rings is 2. The van der Waals surface area contributed by atoms with E-state index in [9.17, 15) is 9.59 Å². The van der Waals surface area contributed by atoms with Crippen LogP contribution in [0.5, 0.6) is 5.75 Å². The molecule has 0 saturated heterocycles. The van der Waals surface area contributed by atoms with Gasteiger partial charge in [-0.1, -0.05) is 30.3 Å². The van der Waals surface area contributed by atoms with Crippen molar-refractivity contribution in [1.29, 1.82) is 0 Å². The standard InChI is InChI=1S/C25H30N2O4/c1-15-23(28)26-20-14-17(12-13-21(20)30-15)22(27-24(29)31-25(2,3)4)19-11-7-9-16-8-5-6-10-18(16)19/h5-6,8,10,12-15,19,22H,7,9,11H2,1-4H3,(H,26,28)(H,27,29). The maximum atomic E-state index is 12.8. The Morgan fingerprint density at radius 2 is 2.00 bits per heavy atom. The maximum absolute atomic E-state index is 12.8. The van der Waals surface area contributed by atoms with Crippen LogP contribution >= 0.6 is 0 Å².